The zero-order valence-corrected chi connectivity index (χ0v) is 8.87. The van der Waals surface area contributed by atoms with Crippen LogP contribution in [-0.2, 0) is 6.42 Å². The summed E-state index contributed by atoms with van der Waals surface area (Å²) in [6.07, 6.45) is 0.976. The van der Waals surface area contributed by atoms with Gasteiger partial charge in [-0.15, -0.1) is 12.6 Å². The second-order valence-corrected chi connectivity index (χ2v) is 3.75. The second-order valence-electron chi connectivity index (χ2n) is 2.59. The van der Waals surface area contributed by atoms with E-state index in [1.807, 2.05) is 18.2 Å². The molecule has 0 saturated carbocycles. The van der Waals surface area contributed by atoms with Crippen molar-refractivity contribution in [2.45, 2.75) is 6.42 Å². The van der Waals surface area contributed by atoms with Crippen molar-refractivity contribution in [2.24, 2.45) is 0 Å². The summed E-state index contributed by atoms with van der Waals surface area (Å²) in [6.45, 7) is 0.838. The van der Waals surface area contributed by atoms with Gasteiger partial charge in [-0.1, -0.05) is 42.5 Å². The molecule has 1 aromatic rings. The minimum Gasteiger partial charge on any atom is -0.307 e. The van der Waals surface area contributed by atoms with Gasteiger partial charge in [-0.3, -0.25) is 0 Å². The molecule has 0 spiro atoms. The molecule has 0 radical (unpaired) electrons. The molecule has 0 amide bonds. The highest BCUT2D eigenvalue weighted by Gasteiger charge is 1.90. The zero-order valence-electron chi connectivity index (χ0n) is 7.16. The van der Waals surface area contributed by atoms with E-state index in [0.29, 0.717) is 4.32 Å². The van der Waals surface area contributed by atoms with Crippen LogP contribution in [0.5, 0.6) is 0 Å². The minimum atomic E-state index is 0.466. The number of benzene rings is 1. The number of hydrogen-bond donors (Lipinski definition) is 3. The Kier molecular flexibility index (Phi) is 4.82. The predicted octanol–water partition coefficient (Wildman–Crippen LogP) is 1.54. The molecule has 2 nitrogen and oxygen atoms in total. The van der Waals surface area contributed by atoms with Gasteiger partial charge >= 0.3 is 0 Å². The summed E-state index contributed by atoms with van der Waals surface area (Å²) in [5, 5.41) is 0. The Labute approximate surface area is 89.1 Å². The molecule has 0 fully saturated rings. The smallest absolute Gasteiger partial charge is 0.144 e. The largest absolute Gasteiger partial charge is 0.307 e. The van der Waals surface area contributed by atoms with Crippen LogP contribution in [0.15, 0.2) is 30.3 Å². The highest BCUT2D eigenvalue weighted by atomic mass is 32.1. The molecule has 4 heteroatoms. The SMILES string of the molecule is S=C(S)NNCCc1ccccc1. The van der Waals surface area contributed by atoms with Gasteiger partial charge in [0.2, 0.25) is 0 Å². The molecule has 1 aromatic carbocycles. The van der Waals surface area contributed by atoms with Crippen molar-refractivity contribution in [3.8, 4) is 0 Å². The molecule has 0 bridgehead atoms. The Morgan fingerprint density at radius 2 is 2.00 bits per heavy atom. The molecule has 0 aliphatic carbocycles. The molecule has 0 heterocycles. The average Bonchev–Trinajstić information content (AvgIpc) is 2.14. The summed E-state index contributed by atoms with van der Waals surface area (Å²) in [6, 6.07) is 10.3. The van der Waals surface area contributed by atoms with Gasteiger partial charge in [-0.05, 0) is 12.0 Å². The number of thiol groups is 1. The van der Waals surface area contributed by atoms with Crippen LogP contribution in [0.1, 0.15) is 5.56 Å². The molecule has 13 heavy (non-hydrogen) atoms. The van der Waals surface area contributed by atoms with Gasteiger partial charge in [-0.2, -0.15) is 0 Å². The summed E-state index contributed by atoms with van der Waals surface area (Å²) >= 11 is 8.63. The van der Waals surface area contributed by atoms with E-state index in [1.165, 1.54) is 5.56 Å². The minimum absolute atomic E-state index is 0.466. The van der Waals surface area contributed by atoms with E-state index in [4.69, 9.17) is 12.2 Å². The maximum absolute atomic E-state index is 4.72. The van der Waals surface area contributed by atoms with Crippen molar-refractivity contribution in [1.82, 2.24) is 10.9 Å². The number of hydrazine groups is 1. The average molecular weight is 212 g/mol. The Hall–Kier alpha value is -0.580. The number of rotatable bonds is 4. The Morgan fingerprint density at radius 1 is 1.31 bits per heavy atom. The standard InChI is InChI=1S/C9H12N2S2/c12-9(13)11-10-7-6-8-4-2-1-3-5-8/h1-5,10H,6-7H2,(H2,11,12,13). The fourth-order valence-corrected chi connectivity index (χ4v) is 1.14. The molecule has 0 saturated heterocycles. The van der Waals surface area contributed by atoms with E-state index in [2.05, 4.69) is 35.6 Å². The topological polar surface area (TPSA) is 24.1 Å². The Morgan fingerprint density at radius 3 is 2.62 bits per heavy atom. The summed E-state index contributed by atoms with van der Waals surface area (Å²) in [4.78, 5) is 0. The third-order valence-corrected chi connectivity index (χ3v) is 1.79. The van der Waals surface area contributed by atoms with E-state index >= 15 is 0 Å². The number of nitrogens with one attached hydrogen (secondary N) is 2. The van der Waals surface area contributed by atoms with Crippen molar-refractivity contribution in [3.05, 3.63) is 35.9 Å². The molecule has 0 aliphatic heterocycles. The van der Waals surface area contributed by atoms with Gasteiger partial charge in [-0.25, -0.2) is 5.43 Å². The quantitative estimate of drug-likeness (QED) is 0.305. The maximum atomic E-state index is 4.72. The highest BCUT2D eigenvalue weighted by molar-refractivity contribution is 8.11. The van der Waals surface area contributed by atoms with Crippen molar-refractivity contribution < 1.29 is 0 Å². The zero-order chi connectivity index (χ0) is 9.52. The van der Waals surface area contributed by atoms with Crippen LogP contribution < -0.4 is 10.9 Å². The summed E-state index contributed by atoms with van der Waals surface area (Å²) in [5.74, 6) is 0. The first kappa shape index (κ1) is 10.5. The van der Waals surface area contributed by atoms with Crippen molar-refractivity contribution >= 4 is 29.2 Å². The molecular formula is C9H12N2S2. The molecule has 0 aliphatic rings. The molecule has 1 rings (SSSR count). The third-order valence-electron chi connectivity index (χ3n) is 1.58. The van der Waals surface area contributed by atoms with Crippen LogP contribution in [0.4, 0.5) is 0 Å². The van der Waals surface area contributed by atoms with Gasteiger partial charge in [0.1, 0.15) is 4.32 Å². The third kappa shape index (κ3) is 4.87. The van der Waals surface area contributed by atoms with Crippen LogP contribution in [0.2, 0.25) is 0 Å². The van der Waals surface area contributed by atoms with Crippen molar-refractivity contribution in [3.63, 3.8) is 0 Å². The van der Waals surface area contributed by atoms with E-state index in [1.54, 1.807) is 0 Å². The van der Waals surface area contributed by atoms with E-state index in [-0.39, 0.29) is 0 Å². The first-order valence-electron chi connectivity index (χ1n) is 4.05. The van der Waals surface area contributed by atoms with E-state index in [0.717, 1.165) is 13.0 Å². The monoisotopic (exact) mass is 212 g/mol. The van der Waals surface area contributed by atoms with Crippen molar-refractivity contribution in [2.75, 3.05) is 6.54 Å². The number of hydrogen-bond acceptors (Lipinski definition) is 2. The molecule has 2 N–H and O–H groups in total. The number of thiocarbonyl (C=S) groups is 1. The maximum Gasteiger partial charge on any atom is 0.144 e. The fourth-order valence-electron chi connectivity index (χ4n) is 0.990. The Bertz CT molecular complexity index is 262. The molecule has 0 aromatic heterocycles. The van der Waals surface area contributed by atoms with Crippen molar-refractivity contribution in [1.29, 1.82) is 0 Å². The first-order valence-corrected chi connectivity index (χ1v) is 4.90. The van der Waals surface area contributed by atoms with Crippen LogP contribution in [-0.4, -0.2) is 10.9 Å². The first-order chi connectivity index (χ1) is 6.29. The van der Waals surface area contributed by atoms with Crippen LogP contribution in [0, 0.1) is 0 Å². The normalized spacial score (nSPS) is 9.62. The lowest BCUT2D eigenvalue weighted by Gasteiger charge is -2.05. The van der Waals surface area contributed by atoms with Gasteiger partial charge in [0.05, 0.1) is 0 Å². The molecule has 0 unspecified atom stereocenters. The van der Waals surface area contributed by atoms with Crippen LogP contribution in [0.25, 0.3) is 0 Å². The van der Waals surface area contributed by atoms with Gasteiger partial charge < -0.3 is 5.43 Å². The van der Waals surface area contributed by atoms with Gasteiger partial charge in [0.15, 0.2) is 0 Å². The molecule has 70 valence electrons. The van der Waals surface area contributed by atoms with E-state index in [9.17, 15) is 0 Å². The highest BCUT2D eigenvalue weighted by Crippen LogP contribution is 1.97. The Balaban J connectivity index is 2.17. The molecular weight excluding hydrogens is 200 g/mol. The predicted molar refractivity (Wildman–Crippen MR) is 62.9 cm³/mol. The summed E-state index contributed by atoms with van der Waals surface area (Å²) in [7, 11) is 0. The van der Waals surface area contributed by atoms with Crippen LogP contribution >= 0.6 is 24.8 Å². The lowest BCUT2D eigenvalue weighted by Crippen LogP contribution is -2.35. The second kappa shape index (κ2) is 5.96. The van der Waals surface area contributed by atoms with Gasteiger partial charge in [0, 0.05) is 6.54 Å². The summed E-state index contributed by atoms with van der Waals surface area (Å²) < 4.78 is 0.466. The molecule has 0 atom stereocenters. The lowest BCUT2D eigenvalue weighted by atomic mass is 10.2. The lowest BCUT2D eigenvalue weighted by molar-refractivity contribution is 0.660. The fraction of sp³-hybridized carbons (Fsp3) is 0.222. The van der Waals surface area contributed by atoms with Crippen LogP contribution in [0.3, 0.4) is 0 Å². The summed E-state index contributed by atoms with van der Waals surface area (Å²) in [5.41, 5.74) is 7.03. The van der Waals surface area contributed by atoms with Gasteiger partial charge in [0.25, 0.3) is 0 Å². The van der Waals surface area contributed by atoms with E-state index < -0.39 is 0 Å².